The normalized spacial score (nSPS) is 12.6. The second-order valence-electron chi connectivity index (χ2n) is 6.80. The van der Waals surface area contributed by atoms with E-state index in [2.05, 4.69) is 4.98 Å². The van der Waals surface area contributed by atoms with E-state index in [-0.39, 0.29) is 18.5 Å². The molecule has 0 unspecified atom stereocenters. The molecule has 0 fully saturated rings. The number of nitrogens with zero attached hydrogens (tertiary/aromatic N) is 2. The standard InChI is InChI=1S/C21H20N2O3S2/c1-13-5-3-7-17(9-13)23(14(2)24)21-22-16(12-27-21)11-26-20(25)19-10-15-6-4-8-18(15)28-19/h3,5,7,9-10,12H,4,6,8,11H2,1-2H3. The predicted molar refractivity (Wildman–Crippen MR) is 112 cm³/mol. The first-order chi connectivity index (χ1) is 13.5. The van der Waals surface area contributed by atoms with Crippen molar-refractivity contribution < 1.29 is 14.3 Å². The van der Waals surface area contributed by atoms with Gasteiger partial charge in [-0.25, -0.2) is 9.78 Å². The fourth-order valence-electron chi connectivity index (χ4n) is 3.30. The fraction of sp³-hybridized carbons (Fsp3) is 0.286. The van der Waals surface area contributed by atoms with Crippen LogP contribution in [0.3, 0.4) is 0 Å². The van der Waals surface area contributed by atoms with Crippen molar-refractivity contribution >= 4 is 45.4 Å². The lowest BCUT2D eigenvalue weighted by Gasteiger charge is -2.18. The molecule has 3 aromatic rings. The minimum absolute atomic E-state index is 0.0947. The van der Waals surface area contributed by atoms with E-state index in [9.17, 15) is 9.59 Å². The van der Waals surface area contributed by atoms with E-state index >= 15 is 0 Å². The molecule has 1 aromatic carbocycles. The number of rotatable bonds is 5. The van der Waals surface area contributed by atoms with Gasteiger partial charge in [-0.05, 0) is 55.5 Å². The summed E-state index contributed by atoms with van der Waals surface area (Å²) in [7, 11) is 0. The summed E-state index contributed by atoms with van der Waals surface area (Å²) in [6.07, 6.45) is 3.28. The summed E-state index contributed by atoms with van der Waals surface area (Å²) in [4.78, 5) is 32.6. The van der Waals surface area contributed by atoms with E-state index in [1.165, 1.54) is 46.5 Å². The monoisotopic (exact) mass is 412 g/mol. The average molecular weight is 413 g/mol. The van der Waals surface area contributed by atoms with Crippen LogP contribution in [0, 0.1) is 6.92 Å². The molecule has 1 aliphatic carbocycles. The van der Waals surface area contributed by atoms with Crippen LogP contribution in [0.15, 0.2) is 35.7 Å². The van der Waals surface area contributed by atoms with E-state index in [1.54, 1.807) is 4.90 Å². The summed E-state index contributed by atoms with van der Waals surface area (Å²) in [5, 5.41) is 2.39. The summed E-state index contributed by atoms with van der Waals surface area (Å²) in [6, 6.07) is 9.67. The molecule has 0 saturated carbocycles. The average Bonchev–Trinajstić information content (AvgIpc) is 3.36. The van der Waals surface area contributed by atoms with Crippen molar-refractivity contribution in [2.45, 2.75) is 39.7 Å². The van der Waals surface area contributed by atoms with Gasteiger partial charge in [0.05, 0.1) is 11.4 Å². The number of aromatic nitrogens is 1. The van der Waals surface area contributed by atoms with Gasteiger partial charge in [-0.1, -0.05) is 12.1 Å². The van der Waals surface area contributed by atoms with Crippen LogP contribution < -0.4 is 4.90 Å². The lowest BCUT2D eigenvalue weighted by molar-refractivity contribution is -0.115. The Bertz CT molecular complexity index is 1020. The van der Waals surface area contributed by atoms with Gasteiger partial charge in [0.15, 0.2) is 5.13 Å². The first kappa shape index (κ1) is 18.8. The van der Waals surface area contributed by atoms with Crippen LogP contribution in [0.4, 0.5) is 10.8 Å². The number of thiophene rings is 1. The van der Waals surface area contributed by atoms with E-state index in [0.29, 0.717) is 15.7 Å². The smallest absolute Gasteiger partial charge is 0.348 e. The molecule has 4 rings (SSSR count). The molecule has 144 valence electrons. The van der Waals surface area contributed by atoms with Crippen molar-refractivity contribution in [1.82, 2.24) is 4.98 Å². The Labute approximate surface area is 171 Å². The fourth-order valence-corrected chi connectivity index (χ4v) is 5.32. The number of aryl methyl sites for hydroxylation is 3. The number of amides is 1. The van der Waals surface area contributed by atoms with Gasteiger partial charge in [0, 0.05) is 17.2 Å². The van der Waals surface area contributed by atoms with E-state index in [4.69, 9.17) is 4.74 Å². The molecule has 2 heterocycles. The van der Waals surface area contributed by atoms with Gasteiger partial charge < -0.3 is 4.74 Å². The van der Waals surface area contributed by atoms with Crippen molar-refractivity contribution in [3.63, 3.8) is 0 Å². The molecule has 5 nitrogen and oxygen atoms in total. The second kappa shape index (κ2) is 7.85. The molecule has 0 bridgehead atoms. The molecule has 0 saturated heterocycles. The maximum atomic E-state index is 12.3. The third kappa shape index (κ3) is 3.86. The van der Waals surface area contributed by atoms with Gasteiger partial charge in [-0.2, -0.15) is 0 Å². The molecule has 1 amide bonds. The van der Waals surface area contributed by atoms with Crippen LogP contribution in [0.1, 0.15) is 44.7 Å². The van der Waals surface area contributed by atoms with Crippen LogP contribution in [0.5, 0.6) is 0 Å². The Hall–Kier alpha value is -2.51. The van der Waals surface area contributed by atoms with Gasteiger partial charge in [0.1, 0.15) is 11.5 Å². The zero-order valence-electron chi connectivity index (χ0n) is 15.7. The molecule has 2 aromatic heterocycles. The summed E-state index contributed by atoms with van der Waals surface area (Å²) in [5.41, 5.74) is 3.76. The highest BCUT2D eigenvalue weighted by Gasteiger charge is 2.21. The summed E-state index contributed by atoms with van der Waals surface area (Å²) in [5.74, 6) is -0.423. The number of hydrogen-bond acceptors (Lipinski definition) is 6. The van der Waals surface area contributed by atoms with Crippen LogP contribution in [0.25, 0.3) is 0 Å². The quantitative estimate of drug-likeness (QED) is 0.551. The molecule has 0 radical (unpaired) electrons. The first-order valence-corrected chi connectivity index (χ1v) is 10.8. The maximum absolute atomic E-state index is 12.3. The predicted octanol–water partition coefficient (Wildman–Crippen LogP) is 5.04. The number of anilines is 2. The molecule has 7 heteroatoms. The van der Waals surface area contributed by atoms with E-state index in [1.807, 2.05) is 42.6 Å². The highest BCUT2D eigenvalue weighted by atomic mass is 32.1. The van der Waals surface area contributed by atoms with Crippen LogP contribution in [0.2, 0.25) is 0 Å². The van der Waals surface area contributed by atoms with Crippen molar-refractivity contribution in [2.75, 3.05) is 4.90 Å². The highest BCUT2D eigenvalue weighted by Crippen LogP contribution is 2.32. The van der Waals surface area contributed by atoms with Crippen LogP contribution >= 0.6 is 22.7 Å². The van der Waals surface area contributed by atoms with Crippen LogP contribution in [-0.2, 0) is 29.0 Å². The number of hydrogen-bond donors (Lipinski definition) is 0. The number of esters is 1. The van der Waals surface area contributed by atoms with Gasteiger partial charge in [0.2, 0.25) is 5.91 Å². The SMILES string of the molecule is CC(=O)N(c1cccc(C)c1)c1nc(COC(=O)c2cc3c(s2)CCC3)cs1. The molecule has 0 N–H and O–H groups in total. The highest BCUT2D eigenvalue weighted by molar-refractivity contribution is 7.14. The Kier molecular flexibility index (Phi) is 5.28. The Morgan fingerprint density at radius 2 is 2.11 bits per heavy atom. The van der Waals surface area contributed by atoms with Gasteiger partial charge in [-0.15, -0.1) is 22.7 Å². The molecule has 0 spiro atoms. The third-order valence-electron chi connectivity index (χ3n) is 4.60. The van der Waals surface area contributed by atoms with Crippen molar-refractivity contribution in [3.05, 3.63) is 62.3 Å². The minimum Gasteiger partial charge on any atom is -0.455 e. The number of benzene rings is 1. The lowest BCUT2D eigenvalue weighted by Crippen LogP contribution is -2.22. The van der Waals surface area contributed by atoms with Gasteiger partial charge in [-0.3, -0.25) is 9.69 Å². The number of carbonyl (C=O) groups excluding carboxylic acids is 2. The first-order valence-electron chi connectivity index (χ1n) is 9.12. The van der Waals surface area contributed by atoms with E-state index in [0.717, 1.165) is 24.1 Å². The largest absolute Gasteiger partial charge is 0.455 e. The number of thiazole rings is 1. The molecule has 28 heavy (non-hydrogen) atoms. The number of fused-ring (bicyclic) bond motifs is 1. The number of ether oxygens (including phenoxy) is 1. The van der Waals surface area contributed by atoms with Gasteiger partial charge >= 0.3 is 5.97 Å². The molecular formula is C21H20N2O3S2. The number of carbonyl (C=O) groups is 2. The summed E-state index contributed by atoms with van der Waals surface area (Å²) in [6.45, 7) is 3.59. The lowest BCUT2D eigenvalue weighted by atomic mass is 10.2. The molecule has 1 aliphatic rings. The van der Waals surface area contributed by atoms with Gasteiger partial charge in [0.25, 0.3) is 0 Å². The van der Waals surface area contributed by atoms with Crippen molar-refractivity contribution in [2.24, 2.45) is 0 Å². The molecule has 0 aliphatic heterocycles. The van der Waals surface area contributed by atoms with Crippen LogP contribution in [-0.4, -0.2) is 16.9 Å². The zero-order chi connectivity index (χ0) is 19.7. The summed E-state index contributed by atoms with van der Waals surface area (Å²) >= 11 is 2.89. The van der Waals surface area contributed by atoms with E-state index < -0.39 is 0 Å². The summed E-state index contributed by atoms with van der Waals surface area (Å²) < 4.78 is 5.44. The Balaban J connectivity index is 1.45. The van der Waals surface area contributed by atoms with Crippen molar-refractivity contribution in [3.8, 4) is 0 Å². The molecule has 0 atom stereocenters. The maximum Gasteiger partial charge on any atom is 0.348 e. The zero-order valence-corrected chi connectivity index (χ0v) is 17.4. The second-order valence-corrected chi connectivity index (χ2v) is 8.78. The topological polar surface area (TPSA) is 59.5 Å². The molecular weight excluding hydrogens is 392 g/mol. The minimum atomic E-state index is -0.309. The third-order valence-corrected chi connectivity index (χ3v) is 6.70. The van der Waals surface area contributed by atoms with Crippen molar-refractivity contribution in [1.29, 1.82) is 0 Å². The Morgan fingerprint density at radius 3 is 2.86 bits per heavy atom. The Morgan fingerprint density at radius 1 is 1.25 bits per heavy atom.